The molecule has 2 rings (SSSR count). The summed E-state index contributed by atoms with van der Waals surface area (Å²) in [5.41, 5.74) is 8.19. The van der Waals surface area contributed by atoms with Crippen LogP contribution in [0.2, 0.25) is 0 Å². The van der Waals surface area contributed by atoms with Crippen molar-refractivity contribution in [3.63, 3.8) is 0 Å². The number of amides is 1. The predicted octanol–water partition coefficient (Wildman–Crippen LogP) is 1.71. The predicted molar refractivity (Wildman–Crippen MR) is 81.6 cm³/mol. The zero-order valence-electron chi connectivity index (χ0n) is 11.0. The fourth-order valence-corrected chi connectivity index (χ4v) is 2.68. The van der Waals surface area contributed by atoms with Gasteiger partial charge in [-0.3, -0.25) is 4.79 Å². The zero-order valence-corrected chi connectivity index (χ0v) is 11.8. The van der Waals surface area contributed by atoms with Crippen molar-refractivity contribution < 1.29 is 4.79 Å². The van der Waals surface area contributed by atoms with Gasteiger partial charge in [-0.25, -0.2) is 4.40 Å². The fourth-order valence-electron chi connectivity index (χ4n) is 1.81. The quantitative estimate of drug-likeness (QED) is 0.716. The number of primary amides is 1. The molecule has 0 aromatic heterocycles. The van der Waals surface area contributed by atoms with Crippen LogP contribution in [0.1, 0.15) is 18.9 Å². The van der Waals surface area contributed by atoms with Crippen LogP contribution in [0.3, 0.4) is 0 Å². The lowest BCUT2D eigenvalue weighted by Crippen LogP contribution is -2.22. The summed E-state index contributed by atoms with van der Waals surface area (Å²) in [6.07, 6.45) is 0.842. The average Bonchev–Trinajstić information content (AvgIpc) is 2.82. The minimum absolute atomic E-state index is 0.0612. The molecule has 1 atom stereocenters. The maximum absolute atomic E-state index is 10.8. The summed E-state index contributed by atoms with van der Waals surface area (Å²) < 4.78 is 4.26. The van der Waals surface area contributed by atoms with E-state index >= 15 is 0 Å². The van der Waals surface area contributed by atoms with Gasteiger partial charge in [0, 0.05) is 17.8 Å². The largest absolute Gasteiger partial charge is 0.376 e. The Morgan fingerprint density at radius 1 is 1.65 bits per heavy atom. The maximum Gasteiger partial charge on any atom is 0.236 e. The molecule has 0 radical (unpaired) electrons. The SMILES string of the molecule is CC1=NSC(Nc2cc(NCC(N)=O)ccc2C#N)C1. The first-order chi connectivity index (χ1) is 9.58. The minimum atomic E-state index is -0.431. The van der Waals surface area contributed by atoms with Crippen LogP contribution >= 0.6 is 11.9 Å². The van der Waals surface area contributed by atoms with Crippen LogP contribution in [0, 0.1) is 11.3 Å². The van der Waals surface area contributed by atoms with Crippen LogP contribution in [0.15, 0.2) is 22.6 Å². The van der Waals surface area contributed by atoms with Crippen LogP contribution < -0.4 is 16.4 Å². The highest BCUT2D eigenvalue weighted by molar-refractivity contribution is 7.99. The van der Waals surface area contributed by atoms with Crippen molar-refractivity contribution in [2.24, 2.45) is 10.1 Å². The number of nitriles is 1. The lowest BCUT2D eigenvalue weighted by atomic mass is 10.1. The Morgan fingerprint density at radius 3 is 3.05 bits per heavy atom. The Kier molecular flexibility index (Phi) is 4.48. The smallest absolute Gasteiger partial charge is 0.236 e. The molecule has 0 fully saturated rings. The summed E-state index contributed by atoms with van der Waals surface area (Å²) >= 11 is 1.46. The van der Waals surface area contributed by atoms with Crippen molar-refractivity contribution in [3.8, 4) is 6.07 Å². The molecule has 1 aliphatic rings. The van der Waals surface area contributed by atoms with E-state index in [0.717, 1.165) is 23.5 Å². The number of nitrogens with one attached hydrogen (secondary N) is 2. The molecule has 0 bridgehead atoms. The van der Waals surface area contributed by atoms with Gasteiger partial charge in [-0.1, -0.05) is 0 Å². The van der Waals surface area contributed by atoms with Crippen LogP contribution in [0.5, 0.6) is 0 Å². The molecule has 1 unspecified atom stereocenters. The van der Waals surface area contributed by atoms with Gasteiger partial charge in [-0.2, -0.15) is 5.26 Å². The summed E-state index contributed by atoms with van der Waals surface area (Å²) in [5, 5.41) is 15.5. The summed E-state index contributed by atoms with van der Waals surface area (Å²) in [7, 11) is 0. The van der Waals surface area contributed by atoms with Gasteiger partial charge in [0.2, 0.25) is 5.91 Å². The van der Waals surface area contributed by atoms with E-state index in [0.29, 0.717) is 5.56 Å². The second-order valence-electron chi connectivity index (χ2n) is 4.46. The van der Waals surface area contributed by atoms with E-state index in [1.807, 2.05) is 6.92 Å². The number of nitrogens with two attached hydrogens (primary N) is 1. The molecule has 0 saturated carbocycles. The molecule has 1 heterocycles. The van der Waals surface area contributed by atoms with E-state index in [1.54, 1.807) is 18.2 Å². The molecular formula is C13H15N5OS. The lowest BCUT2D eigenvalue weighted by molar-refractivity contribution is -0.116. The Bertz CT molecular complexity index is 593. The van der Waals surface area contributed by atoms with Gasteiger partial charge >= 0.3 is 0 Å². The second-order valence-corrected chi connectivity index (χ2v) is 5.42. The lowest BCUT2D eigenvalue weighted by Gasteiger charge is -2.15. The molecule has 0 spiro atoms. The van der Waals surface area contributed by atoms with Crippen molar-refractivity contribution in [1.82, 2.24) is 0 Å². The molecule has 7 heteroatoms. The molecule has 1 aliphatic heterocycles. The Morgan fingerprint density at radius 2 is 2.45 bits per heavy atom. The summed E-state index contributed by atoms with van der Waals surface area (Å²) in [6.45, 7) is 2.04. The third-order valence-corrected chi connectivity index (χ3v) is 3.70. The maximum atomic E-state index is 10.8. The first-order valence-corrected chi connectivity index (χ1v) is 6.94. The number of hydrogen-bond donors (Lipinski definition) is 3. The Balaban J connectivity index is 2.11. The monoisotopic (exact) mass is 289 g/mol. The number of rotatable bonds is 5. The van der Waals surface area contributed by atoms with Crippen molar-refractivity contribution >= 4 is 34.9 Å². The topological polar surface area (TPSA) is 103 Å². The van der Waals surface area contributed by atoms with E-state index in [2.05, 4.69) is 21.1 Å². The highest BCUT2D eigenvalue weighted by atomic mass is 32.2. The molecular weight excluding hydrogens is 274 g/mol. The number of carbonyl (C=O) groups is 1. The zero-order chi connectivity index (χ0) is 14.5. The van der Waals surface area contributed by atoms with Gasteiger partial charge < -0.3 is 16.4 Å². The van der Waals surface area contributed by atoms with Crippen molar-refractivity contribution in [2.75, 3.05) is 17.2 Å². The van der Waals surface area contributed by atoms with Crippen LogP contribution in [0.4, 0.5) is 11.4 Å². The molecule has 0 aliphatic carbocycles. The highest BCUT2D eigenvalue weighted by Crippen LogP contribution is 2.29. The summed E-state index contributed by atoms with van der Waals surface area (Å²) in [5.74, 6) is -0.431. The molecule has 1 aromatic carbocycles. The molecule has 0 saturated heterocycles. The van der Waals surface area contributed by atoms with Gasteiger partial charge in [0.05, 0.1) is 23.2 Å². The average molecular weight is 289 g/mol. The van der Waals surface area contributed by atoms with Crippen molar-refractivity contribution in [2.45, 2.75) is 18.7 Å². The standard InChI is InChI=1S/C13H15N5OS/c1-8-4-13(20-18-8)17-11-5-10(16-7-12(15)19)3-2-9(11)6-14/h2-3,5,13,16-17H,4,7H2,1H3,(H2,15,19). The summed E-state index contributed by atoms with van der Waals surface area (Å²) in [4.78, 5) is 10.8. The third-order valence-electron chi connectivity index (χ3n) is 2.74. The van der Waals surface area contributed by atoms with Crippen LogP contribution in [-0.2, 0) is 4.79 Å². The Labute approximate surface area is 121 Å². The molecule has 6 nitrogen and oxygen atoms in total. The van der Waals surface area contributed by atoms with E-state index in [-0.39, 0.29) is 11.9 Å². The third kappa shape index (κ3) is 3.65. The van der Waals surface area contributed by atoms with Crippen molar-refractivity contribution in [3.05, 3.63) is 23.8 Å². The number of nitrogens with zero attached hydrogens (tertiary/aromatic N) is 2. The molecule has 104 valence electrons. The van der Waals surface area contributed by atoms with E-state index in [4.69, 9.17) is 11.0 Å². The number of hydrogen-bond acceptors (Lipinski definition) is 6. The van der Waals surface area contributed by atoms with E-state index in [1.165, 1.54) is 11.9 Å². The van der Waals surface area contributed by atoms with E-state index < -0.39 is 5.91 Å². The van der Waals surface area contributed by atoms with Crippen molar-refractivity contribution in [1.29, 1.82) is 5.26 Å². The van der Waals surface area contributed by atoms with Crippen LogP contribution in [0.25, 0.3) is 0 Å². The normalized spacial score (nSPS) is 17.2. The van der Waals surface area contributed by atoms with Gasteiger partial charge in [-0.05, 0) is 37.1 Å². The molecule has 4 N–H and O–H groups in total. The number of anilines is 2. The minimum Gasteiger partial charge on any atom is -0.376 e. The first kappa shape index (κ1) is 14.2. The molecule has 1 amide bonds. The van der Waals surface area contributed by atoms with Gasteiger partial charge in [0.1, 0.15) is 6.07 Å². The van der Waals surface area contributed by atoms with Gasteiger partial charge in [0.15, 0.2) is 0 Å². The van der Waals surface area contributed by atoms with Gasteiger partial charge in [-0.15, -0.1) is 0 Å². The number of carbonyl (C=O) groups excluding carboxylic acids is 1. The Hall–Kier alpha value is -2.20. The van der Waals surface area contributed by atoms with E-state index in [9.17, 15) is 4.79 Å². The molecule has 1 aromatic rings. The number of benzene rings is 1. The second kappa shape index (κ2) is 6.30. The highest BCUT2D eigenvalue weighted by Gasteiger charge is 2.18. The molecule has 20 heavy (non-hydrogen) atoms. The van der Waals surface area contributed by atoms with Crippen LogP contribution in [-0.4, -0.2) is 23.5 Å². The first-order valence-electron chi connectivity index (χ1n) is 6.10. The summed E-state index contributed by atoms with van der Waals surface area (Å²) in [6, 6.07) is 7.40. The van der Waals surface area contributed by atoms with Gasteiger partial charge in [0.25, 0.3) is 0 Å². The fraction of sp³-hybridized carbons (Fsp3) is 0.308.